The zero-order valence-electron chi connectivity index (χ0n) is 16.6. The van der Waals surface area contributed by atoms with E-state index in [1.54, 1.807) is 10.6 Å². The van der Waals surface area contributed by atoms with Crippen molar-refractivity contribution in [3.63, 3.8) is 0 Å². The first-order valence-electron chi connectivity index (χ1n) is 9.82. The van der Waals surface area contributed by atoms with Gasteiger partial charge in [-0.25, -0.2) is 4.98 Å². The zero-order valence-corrected chi connectivity index (χ0v) is 17.4. The van der Waals surface area contributed by atoms with Crippen LogP contribution < -0.4 is 10.9 Å². The molecule has 1 aliphatic rings. The van der Waals surface area contributed by atoms with E-state index < -0.39 is 0 Å². The van der Waals surface area contributed by atoms with Crippen LogP contribution in [-0.4, -0.2) is 27.3 Å². The lowest BCUT2D eigenvalue weighted by Crippen LogP contribution is -2.44. The molecule has 5 nitrogen and oxygen atoms in total. The fourth-order valence-corrected chi connectivity index (χ4v) is 4.79. The molecule has 1 amide bonds. The van der Waals surface area contributed by atoms with Gasteiger partial charge in [0.25, 0.3) is 5.56 Å². The average Bonchev–Trinajstić information content (AvgIpc) is 2.63. The molecule has 1 N–H and O–H groups in total. The Labute approximate surface area is 164 Å². The molecular weight excluding hydrogens is 358 g/mol. The molecular formula is C21H29N3O2S. The Morgan fingerprint density at radius 3 is 2.78 bits per heavy atom. The summed E-state index contributed by atoms with van der Waals surface area (Å²) in [5.74, 6) is 1.43. The lowest BCUT2D eigenvalue weighted by Gasteiger charge is -2.34. The first-order chi connectivity index (χ1) is 12.9. The Bertz CT molecular complexity index is 877. The molecule has 0 spiro atoms. The molecule has 0 radical (unpaired) electrons. The number of thioether (sulfide) groups is 1. The molecule has 3 atom stereocenters. The zero-order chi connectivity index (χ0) is 19.6. The SMILES string of the molecule is CC(C)n1c(SCC(=O)N[C@@H]2CCC[C@H](C)[C@H]2C)nc2ccccc2c1=O. The summed E-state index contributed by atoms with van der Waals surface area (Å²) < 4.78 is 1.69. The Morgan fingerprint density at radius 2 is 2.04 bits per heavy atom. The number of carbonyl (C=O) groups is 1. The standard InChI is InChI=1S/C21H29N3O2S/c1-13(2)24-20(26)16-9-5-6-10-18(16)23-21(24)27-12-19(25)22-17-11-7-8-14(3)15(17)4/h5-6,9-10,13-15,17H,7-8,11-12H2,1-4H3,(H,22,25)/t14-,15+,17+/m0/s1. The van der Waals surface area contributed by atoms with Crippen molar-refractivity contribution >= 4 is 28.6 Å². The summed E-state index contributed by atoms with van der Waals surface area (Å²) in [6.07, 6.45) is 3.46. The minimum absolute atomic E-state index is 0.0145. The number of benzene rings is 1. The van der Waals surface area contributed by atoms with Crippen LogP contribution in [-0.2, 0) is 4.79 Å². The van der Waals surface area contributed by atoms with Crippen molar-refractivity contribution in [3.8, 4) is 0 Å². The third kappa shape index (κ3) is 4.37. The van der Waals surface area contributed by atoms with Gasteiger partial charge in [0, 0.05) is 12.1 Å². The first kappa shape index (κ1) is 19.9. The molecule has 0 aliphatic heterocycles. The number of fused-ring (bicyclic) bond motifs is 1. The van der Waals surface area contributed by atoms with Gasteiger partial charge < -0.3 is 5.32 Å². The van der Waals surface area contributed by atoms with Crippen molar-refractivity contribution in [2.24, 2.45) is 11.8 Å². The average molecular weight is 388 g/mol. The summed E-state index contributed by atoms with van der Waals surface area (Å²) in [7, 11) is 0. The van der Waals surface area contributed by atoms with Crippen LogP contribution in [0.2, 0.25) is 0 Å². The number of carbonyl (C=O) groups excluding carboxylic acids is 1. The van der Waals surface area contributed by atoms with Gasteiger partial charge in [0.15, 0.2) is 5.16 Å². The van der Waals surface area contributed by atoms with Gasteiger partial charge in [0.1, 0.15) is 0 Å². The Hall–Kier alpha value is -1.82. The van der Waals surface area contributed by atoms with Crippen molar-refractivity contribution in [3.05, 3.63) is 34.6 Å². The number of nitrogens with one attached hydrogen (secondary N) is 1. The van der Waals surface area contributed by atoms with Gasteiger partial charge in [-0.1, -0.05) is 50.6 Å². The summed E-state index contributed by atoms with van der Waals surface area (Å²) in [5.41, 5.74) is 0.630. The number of amides is 1. The van der Waals surface area contributed by atoms with Crippen molar-refractivity contribution in [2.45, 2.75) is 64.2 Å². The van der Waals surface area contributed by atoms with E-state index in [-0.39, 0.29) is 29.3 Å². The number of hydrogen-bond acceptors (Lipinski definition) is 4. The largest absolute Gasteiger partial charge is 0.352 e. The summed E-state index contributed by atoms with van der Waals surface area (Å²) in [5, 5.41) is 4.42. The minimum atomic E-state index is -0.0479. The molecule has 1 aromatic carbocycles. The predicted molar refractivity (Wildman–Crippen MR) is 111 cm³/mol. The maximum atomic E-state index is 12.8. The lowest BCUT2D eigenvalue weighted by atomic mass is 9.78. The highest BCUT2D eigenvalue weighted by atomic mass is 32.2. The van der Waals surface area contributed by atoms with Crippen molar-refractivity contribution < 1.29 is 4.79 Å². The molecule has 0 unspecified atom stereocenters. The van der Waals surface area contributed by atoms with Gasteiger partial charge in [-0.2, -0.15) is 0 Å². The normalized spacial score (nSPS) is 22.9. The van der Waals surface area contributed by atoms with E-state index in [0.29, 0.717) is 27.9 Å². The first-order valence-corrected chi connectivity index (χ1v) is 10.8. The Balaban J connectivity index is 1.75. The van der Waals surface area contributed by atoms with Crippen LogP contribution in [0.4, 0.5) is 0 Å². The van der Waals surface area contributed by atoms with Gasteiger partial charge in [-0.15, -0.1) is 0 Å². The highest BCUT2D eigenvalue weighted by Crippen LogP contribution is 2.29. The summed E-state index contributed by atoms with van der Waals surface area (Å²) in [6, 6.07) is 7.61. The summed E-state index contributed by atoms with van der Waals surface area (Å²) >= 11 is 1.34. The fourth-order valence-electron chi connectivity index (χ4n) is 3.85. The highest BCUT2D eigenvalue weighted by molar-refractivity contribution is 7.99. The minimum Gasteiger partial charge on any atom is -0.352 e. The molecule has 1 fully saturated rings. The molecule has 1 saturated carbocycles. The van der Waals surface area contributed by atoms with Crippen LogP contribution in [0.25, 0.3) is 10.9 Å². The van der Waals surface area contributed by atoms with Crippen LogP contribution in [0.15, 0.2) is 34.2 Å². The summed E-state index contributed by atoms with van der Waals surface area (Å²) in [6.45, 7) is 8.42. The highest BCUT2D eigenvalue weighted by Gasteiger charge is 2.28. The quantitative estimate of drug-likeness (QED) is 0.622. The second kappa shape index (κ2) is 8.46. The van der Waals surface area contributed by atoms with Gasteiger partial charge in [-0.05, 0) is 44.2 Å². The van der Waals surface area contributed by atoms with E-state index in [9.17, 15) is 9.59 Å². The molecule has 1 aliphatic carbocycles. The Morgan fingerprint density at radius 1 is 1.30 bits per heavy atom. The number of aromatic nitrogens is 2. The van der Waals surface area contributed by atoms with Crippen LogP contribution in [0.1, 0.15) is 53.0 Å². The van der Waals surface area contributed by atoms with E-state index in [1.807, 2.05) is 32.0 Å². The maximum Gasteiger partial charge on any atom is 0.262 e. The third-order valence-corrected chi connectivity index (χ3v) is 6.63. The third-order valence-electron chi connectivity index (χ3n) is 5.68. The number of para-hydroxylation sites is 1. The fraction of sp³-hybridized carbons (Fsp3) is 0.571. The number of nitrogens with zero attached hydrogens (tertiary/aromatic N) is 2. The van der Waals surface area contributed by atoms with Gasteiger partial charge in [-0.3, -0.25) is 14.2 Å². The maximum absolute atomic E-state index is 12.8. The molecule has 2 aromatic rings. The smallest absolute Gasteiger partial charge is 0.262 e. The van der Waals surface area contributed by atoms with Crippen LogP contribution in [0, 0.1) is 11.8 Å². The molecule has 0 saturated heterocycles. The molecule has 27 heavy (non-hydrogen) atoms. The van der Waals surface area contributed by atoms with Crippen molar-refractivity contribution in [1.29, 1.82) is 0 Å². The molecule has 3 rings (SSSR count). The monoisotopic (exact) mass is 387 g/mol. The predicted octanol–water partition coefficient (Wildman–Crippen LogP) is 4.01. The van der Waals surface area contributed by atoms with E-state index in [2.05, 4.69) is 24.1 Å². The van der Waals surface area contributed by atoms with E-state index in [4.69, 9.17) is 0 Å². The van der Waals surface area contributed by atoms with Gasteiger partial charge in [0.2, 0.25) is 5.91 Å². The van der Waals surface area contributed by atoms with Gasteiger partial charge >= 0.3 is 0 Å². The topological polar surface area (TPSA) is 64.0 Å². The van der Waals surface area contributed by atoms with Crippen molar-refractivity contribution in [1.82, 2.24) is 14.9 Å². The molecule has 1 aromatic heterocycles. The summed E-state index contributed by atoms with van der Waals surface area (Å²) in [4.78, 5) is 30.0. The van der Waals surface area contributed by atoms with E-state index in [0.717, 1.165) is 6.42 Å². The van der Waals surface area contributed by atoms with Crippen LogP contribution in [0.5, 0.6) is 0 Å². The molecule has 146 valence electrons. The second-order valence-electron chi connectivity index (χ2n) is 7.91. The molecule has 1 heterocycles. The van der Waals surface area contributed by atoms with Crippen LogP contribution in [0.3, 0.4) is 0 Å². The number of hydrogen-bond donors (Lipinski definition) is 1. The van der Waals surface area contributed by atoms with Crippen molar-refractivity contribution in [2.75, 3.05) is 5.75 Å². The van der Waals surface area contributed by atoms with E-state index in [1.165, 1.54) is 24.6 Å². The van der Waals surface area contributed by atoms with Gasteiger partial charge in [0.05, 0.1) is 16.7 Å². The molecule has 0 bridgehead atoms. The lowest BCUT2D eigenvalue weighted by molar-refractivity contribution is -0.120. The van der Waals surface area contributed by atoms with Crippen LogP contribution >= 0.6 is 11.8 Å². The number of rotatable bonds is 5. The second-order valence-corrected chi connectivity index (χ2v) is 8.85. The molecule has 6 heteroatoms. The Kier molecular flexibility index (Phi) is 6.25. The van der Waals surface area contributed by atoms with E-state index >= 15 is 0 Å².